The molecule has 0 unspecified atom stereocenters. The summed E-state index contributed by atoms with van der Waals surface area (Å²) in [6.07, 6.45) is 5.74. The Bertz CT molecular complexity index is 1410. The first kappa shape index (κ1) is 29.9. The third kappa shape index (κ3) is 7.76. The standard InChI is InChI=1S/C32H33BrN2O6/c1-3-5-6-10-17-40-29-27(33)19-23(20-28(29)39-4-2)18-26-30(36)34-32(38)35(31(26)37)24-13-15-25(16-14-24)41-21-22-11-8-7-9-12-22/h7-9,11-16,18-20H,3-6,10,17,21H2,1-2H3,(H,34,36,38)/b26-18-. The number of carbonyl (C=O) groups is 3. The number of amides is 4. The van der Waals surface area contributed by atoms with Gasteiger partial charge in [0.15, 0.2) is 11.5 Å². The fraction of sp³-hybridized carbons (Fsp3) is 0.281. The van der Waals surface area contributed by atoms with Gasteiger partial charge >= 0.3 is 6.03 Å². The van der Waals surface area contributed by atoms with E-state index in [2.05, 4.69) is 28.2 Å². The van der Waals surface area contributed by atoms with Crippen LogP contribution in [-0.4, -0.2) is 31.1 Å². The summed E-state index contributed by atoms with van der Waals surface area (Å²) in [5.74, 6) is 0.130. The second-order valence-corrected chi connectivity index (χ2v) is 10.3. The van der Waals surface area contributed by atoms with E-state index in [1.807, 2.05) is 37.3 Å². The lowest BCUT2D eigenvalue weighted by atomic mass is 10.1. The maximum atomic E-state index is 13.4. The summed E-state index contributed by atoms with van der Waals surface area (Å²) in [5.41, 5.74) is 1.68. The molecule has 0 bridgehead atoms. The van der Waals surface area contributed by atoms with Crippen LogP contribution in [0.2, 0.25) is 0 Å². The van der Waals surface area contributed by atoms with E-state index >= 15 is 0 Å². The first-order chi connectivity index (χ1) is 19.9. The molecule has 0 aromatic heterocycles. The Morgan fingerprint density at radius 2 is 1.63 bits per heavy atom. The summed E-state index contributed by atoms with van der Waals surface area (Å²) in [5, 5.41) is 2.26. The van der Waals surface area contributed by atoms with Gasteiger partial charge in [-0.2, -0.15) is 0 Å². The fourth-order valence-electron chi connectivity index (χ4n) is 4.27. The molecule has 214 valence electrons. The molecular formula is C32H33BrN2O6. The highest BCUT2D eigenvalue weighted by Crippen LogP contribution is 2.38. The molecule has 1 heterocycles. The quantitative estimate of drug-likeness (QED) is 0.125. The van der Waals surface area contributed by atoms with Gasteiger partial charge in [-0.15, -0.1) is 0 Å². The van der Waals surface area contributed by atoms with Gasteiger partial charge in [-0.1, -0.05) is 56.5 Å². The normalized spacial score (nSPS) is 14.3. The molecule has 0 saturated carbocycles. The predicted molar refractivity (Wildman–Crippen MR) is 161 cm³/mol. The molecule has 41 heavy (non-hydrogen) atoms. The van der Waals surface area contributed by atoms with Gasteiger partial charge in [-0.25, -0.2) is 9.69 Å². The minimum absolute atomic E-state index is 0.184. The SMILES string of the molecule is CCCCCCOc1c(Br)cc(/C=C2/C(=O)NC(=O)N(c3ccc(OCc4ccccc4)cc3)C2=O)cc1OCC. The molecule has 0 radical (unpaired) electrons. The number of ether oxygens (including phenoxy) is 3. The number of urea groups is 1. The summed E-state index contributed by atoms with van der Waals surface area (Å²) >= 11 is 3.54. The summed E-state index contributed by atoms with van der Waals surface area (Å²) in [4.78, 5) is 39.8. The number of rotatable bonds is 13. The van der Waals surface area contributed by atoms with E-state index in [4.69, 9.17) is 14.2 Å². The van der Waals surface area contributed by atoms with Crippen LogP contribution in [0.1, 0.15) is 50.7 Å². The van der Waals surface area contributed by atoms with Crippen molar-refractivity contribution in [3.05, 3.63) is 87.9 Å². The molecule has 0 spiro atoms. The molecule has 1 aliphatic heterocycles. The molecule has 3 aromatic rings. The smallest absolute Gasteiger partial charge is 0.335 e. The third-order valence-electron chi connectivity index (χ3n) is 6.33. The highest BCUT2D eigenvalue weighted by molar-refractivity contribution is 9.10. The number of unbranched alkanes of at least 4 members (excludes halogenated alkanes) is 3. The Labute approximate surface area is 248 Å². The molecule has 0 aliphatic carbocycles. The Balaban J connectivity index is 1.53. The van der Waals surface area contributed by atoms with Crippen molar-refractivity contribution in [3.63, 3.8) is 0 Å². The van der Waals surface area contributed by atoms with Gasteiger partial charge in [0.25, 0.3) is 11.8 Å². The van der Waals surface area contributed by atoms with Crippen molar-refractivity contribution >= 4 is 45.5 Å². The Hall–Kier alpha value is -4.11. The van der Waals surface area contributed by atoms with Crippen LogP contribution >= 0.6 is 15.9 Å². The van der Waals surface area contributed by atoms with Gasteiger partial charge in [0.1, 0.15) is 17.9 Å². The molecular weight excluding hydrogens is 588 g/mol. The average Bonchev–Trinajstić information content (AvgIpc) is 2.96. The largest absolute Gasteiger partial charge is 0.490 e. The van der Waals surface area contributed by atoms with Crippen LogP contribution in [0.3, 0.4) is 0 Å². The molecule has 3 aromatic carbocycles. The van der Waals surface area contributed by atoms with Crippen LogP contribution < -0.4 is 24.4 Å². The van der Waals surface area contributed by atoms with Crippen molar-refractivity contribution in [1.82, 2.24) is 5.32 Å². The molecule has 9 heteroatoms. The van der Waals surface area contributed by atoms with Crippen molar-refractivity contribution in [3.8, 4) is 17.2 Å². The van der Waals surface area contributed by atoms with Crippen LogP contribution in [0.5, 0.6) is 17.2 Å². The highest BCUT2D eigenvalue weighted by atomic mass is 79.9. The van der Waals surface area contributed by atoms with Gasteiger partial charge in [0.2, 0.25) is 0 Å². The number of hydrogen-bond donors (Lipinski definition) is 1. The van der Waals surface area contributed by atoms with Crippen molar-refractivity contribution in [2.24, 2.45) is 0 Å². The van der Waals surface area contributed by atoms with E-state index in [9.17, 15) is 14.4 Å². The van der Waals surface area contributed by atoms with Gasteiger partial charge in [0, 0.05) is 0 Å². The number of imide groups is 2. The molecule has 0 atom stereocenters. The maximum absolute atomic E-state index is 13.4. The number of nitrogens with one attached hydrogen (secondary N) is 1. The van der Waals surface area contributed by atoms with Gasteiger partial charge in [-0.05, 0) is 82.9 Å². The zero-order valence-corrected chi connectivity index (χ0v) is 24.7. The minimum atomic E-state index is -0.821. The molecule has 4 rings (SSSR count). The van der Waals surface area contributed by atoms with E-state index in [0.29, 0.717) is 52.8 Å². The van der Waals surface area contributed by atoms with Crippen LogP contribution in [0.15, 0.2) is 76.8 Å². The summed E-state index contributed by atoms with van der Waals surface area (Å²) in [6.45, 7) is 5.36. The second-order valence-electron chi connectivity index (χ2n) is 9.40. The number of hydrogen-bond acceptors (Lipinski definition) is 6. The summed E-state index contributed by atoms with van der Waals surface area (Å²) < 4.78 is 18.2. The molecule has 1 fully saturated rings. The zero-order chi connectivity index (χ0) is 29.2. The molecule has 1 N–H and O–H groups in total. The van der Waals surface area contributed by atoms with E-state index in [0.717, 1.165) is 36.1 Å². The maximum Gasteiger partial charge on any atom is 0.335 e. The Morgan fingerprint density at radius 3 is 2.34 bits per heavy atom. The van der Waals surface area contributed by atoms with Gasteiger partial charge in [-0.3, -0.25) is 14.9 Å². The molecule has 1 aliphatic rings. The lowest BCUT2D eigenvalue weighted by molar-refractivity contribution is -0.122. The Morgan fingerprint density at radius 1 is 0.878 bits per heavy atom. The van der Waals surface area contributed by atoms with Crippen LogP contribution in [-0.2, 0) is 16.2 Å². The second kappa shape index (κ2) is 14.5. The number of benzene rings is 3. The summed E-state index contributed by atoms with van der Waals surface area (Å²) in [7, 11) is 0. The van der Waals surface area contributed by atoms with Gasteiger partial charge < -0.3 is 14.2 Å². The highest BCUT2D eigenvalue weighted by Gasteiger charge is 2.37. The van der Waals surface area contributed by atoms with Crippen molar-refractivity contribution in [2.45, 2.75) is 46.1 Å². The van der Waals surface area contributed by atoms with Crippen LogP contribution in [0.25, 0.3) is 6.08 Å². The van der Waals surface area contributed by atoms with Crippen molar-refractivity contribution in [2.75, 3.05) is 18.1 Å². The number of halogens is 1. The molecule has 4 amide bonds. The van der Waals surface area contributed by atoms with E-state index < -0.39 is 17.8 Å². The monoisotopic (exact) mass is 620 g/mol. The first-order valence-corrected chi connectivity index (χ1v) is 14.5. The van der Waals surface area contributed by atoms with E-state index in [1.54, 1.807) is 36.4 Å². The lowest BCUT2D eigenvalue weighted by Crippen LogP contribution is -2.54. The topological polar surface area (TPSA) is 94.2 Å². The van der Waals surface area contributed by atoms with Crippen LogP contribution in [0, 0.1) is 0 Å². The minimum Gasteiger partial charge on any atom is -0.490 e. The van der Waals surface area contributed by atoms with Crippen LogP contribution in [0.4, 0.5) is 10.5 Å². The lowest BCUT2D eigenvalue weighted by Gasteiger charge is -2.26. The third-order valence-corrected chi connectivity index (χ3v) is 6.92. The average molecular weight is 622 g/mol. The summed E-state index contributed by atoms with van der Waals surface area (Å²) in [6, 6.07) is 18.9. The van der Waals surface area contributed by atoms with Crippen molar-refractivity contribution in [1.29, 1.82) is 0 Å². The first-order valence-electron chi connectivity index (χ1n) is 13.7. The van der Waals surface area contributed by atoms with E-state index in [-0.39, 0.29) is 5.57 Å². The molecule has 1 saturated heterocycles. The van der Waals surface area contributed by atoms with Crippen molar-refractivity contribution < 1.29 is 28.6 Å². The predicted octanol–water partition coefficient (Wildman–Crippen LogP) is 7.05. The van der Waals surface area contributed by atoms with Gasteiger partial charge in [0.05, 0.1) is 23.4 Å². The number of nitrogens with zero attached hydrogens (tertiary/aromatic N) is 1. The fourth-order valence-corrected chi connectivity index (χ4v) is 4.84. The number of barbiturate groups is 1. The number of anilines is 1. The Kier molecular flexibility index (Phi) is 10.6. The zero-order valence-electron chi connectivity index (χ0n) is 23.2. The van der Waals surface area contributed by atoms with E-state index in [1.165, 1.54) is 6.08 Å². The molecule has 8 nitrogen and oxygen atoms in total. The number of carbonyl (C=O) groups excluding carboxylic acids is 3.